The van der Waals surface area contributed by atoms with Crippen LogP contribution in [0.2, 0.25) is 10.0 Å². The van der Waals surface area contributed by atoms with Crippen molar-refractivity contribution >= 4 is 104 Å². The number of allylic oxidation sites excluding steroid dienone is 2. The number of anilines is 2. The summed E-state index contributed by atoms with van der Waals surface area (Å²) < 4.78 is 54.7. The maximum absolute atomic E-state index is 15.0. The number of hydrogen-bond donors (Lipinski definition) is 4. The lowest BCUT2D eigenvalue weighted by atomic mass is 9.77. The van der Waals surface area contributed by atoms with Gasteiger partial charge in [-0.3, -0.25) is 48.2 Å². The van der Waals surface area contributed by atoms with Gasteiger partial charge in [-0.15, -0.1) is 13.2 Å². The molecule has 6 aliphatic carbocycles. The summed E-state index contributed by atoms with van der Waals surface area (Å²) in [5, 5.41) is 21.7. The number of methoxy groups -OCH3 is 1. The number of rotatable bonds is 36. The number of amides is 2. The summed E-state index contributed by atoms with van der Waals surface area (Å²) in [5.74, 6) is -1.67. The van der Waals surface area contributed by atoms with Crippen LogP contribution in [0.3, 0.4) is 0 Å². The highest BCUT2D eigenvalue weighted by Crippen LogP contribution is 2.59. The van der Waals surface area contributed by atoms with Crippen LogP contribution in [0.25, 0.3) is 44.6 Å². The van der Waals surface area contributed by atoms with Crippen molar-refractivity contribution in [3.63, 3.8) is 0 Å². The lowest BCUT2D eigenvalue weighted by molar-refractivity contribution is -0.157. The van der Waals surface area contributed by atoms with E-state index in [0.29, 0.717) is 134 Å². The zero-order valence-corrected chi connectivity index (χ0v) is 76.7. The molecular formula is C96H125Cl2N11O18. The predicted octanol–water partition coefficient (Wildman–Crippen LogP) is 14.9. The average Bonchev–Trinajstić information content (AvgIpc) is 1.59. The standard InChI is InChI=1S/C49H64ClN5O9.C47H61ClN6O9/c1-8-31-24-49(31,46(59)60-7)25-39(56)38-21-33(26-55(38)45(58)35(48(4,5)6)22-42(57)64-32-19-29-18-30(29)20-32)63-41-23-36(37-27-62-47(53-37)51-28(2)3)52-44-34(41)12-13-40(43(44)50)61-17-16-54-14-10-9-11-15-54;1-7-29-22-47(29,44(58)59)23-37(55)36-19-31(24-54(36)43(57)33(46(4,5)6)20-40(56)63-30-17-27-16-28(27)18-30)62-39-21-34(35-25-61-45(52-35)50-26(2)3)51-42-32(39)8-9-38(41(42)48)60-15-14-53-12-10-49-11-13-53/h8,12-13,23,27-33,35,38H,1,9-11,14-22,24-26H2,2-7H3,(H,51,53);7-9,21,25-31,33,36,49H,1,10-20,22-24H2,2-6H3,(H,50,52)(H,58,59)/t29-,30+,31-,32?,33-,35-,38+,49-;27-,28+,29-,30?,31-,33-,36+,47-/m11/s1. The van der Waals surface area contributed by atoms with Gasteiger partial charge < -0.3 is 72.8 Å². The Hall–Kier alpha value is -9.42. The molecule has 4 aliphatic heterocycles. The molecule has 8 heterocycles. The van der Waals surface area contributed by atoms with Crippen molar-refractivity contribution in [3.8, 4) is 45.8 Å². The molecule has 10 fully saturated rings. The van der Waals surface area contributed by atoms with E-state index in [1.165, 1.54) is 56.6 Å². The average molecular weight is 1790 g/mol. The fourth-order valence-corrected chi connectivity index (χ4v) is 20.6. The normalized spacial score (nSPS) is 27.0. The number of Topliss-reactive ketones (excluding diaryl/α,β-unsaturated/α-hetero) is 2. The lowest BCUT2D eigenvalue weighted by Gasteiger charge is -2.35. The number of pyridine rings is 2. The second-order valence-corrected chi connectivity index (χ2v) is 40.6. The van der Waals surface area contributed by atoms with Gasteiger partial charge in [0.15, 0.2) is 11.6 Å². The number of carboxylic acids is 1. The number of carbonyl (C=O) groups is 8. The number of aromatic nitrogens is 4. The van der Waals surface area contributed by atoms with E-state index in [9.17, 15) is 43.5 Å². The Morgan fingerprint density at radius 3 is 1.37 bits per heavy atom. The van der Waals surface area contributed by atoms with Gasteiger partial charge in [0.05, 0.1) is 90.2 Å². The van der Waals surface area contributed by atoms with E-state index >= 15 is 0 Å². The summed E-state index contributed by atoms with van der Waals surface area (Å²) in [4.78, 5) is 138. The molecule has 10 aliphatic rings. The SMILES string of the molecule is C=C[C@@H]1C[C@]1(CC(=O)[C@@H]1C[C@@H](Oc2cc(-c3coc(NC(C)C)n3)nc3c(Cl)c(OCCN4CCCCC4)ccc23)CN1C(=O)[C@@H](CC(=O)OC1C[C@@H]2C[C@@H]2C1)C(C)(C)C)C(=O)OC.C=C[C@@H]1C[C@]1(CC(=O)[C@@H]1C[C@@H](Oc2cc(-c3coc(NC(C)C)n3)nc3c(Cl)c(OCCN4CCNCC4)ccc23)CN1C(=O)[C@@H](CC(=O)OC1C[C@@H]2C[C@@H]2C1)C(C)(C)C)C(=O)O. The summed E-state index contributed by atoms with van der Waals surface area (Å²) >= 11 is 14.2. The molecule has 31 heteroatoms. The lowest BCUT2D eigenvalue weighted by Crippen LogP contribution is -2.48. The van der Waals surface area contributed by atoms with Crippen LogP contribution in [-0.4, -0.2) is 226 Å². The van der Waals surface area contributed by atoms with Gasteiger partial charge >= 0.3 is 23.9 Å². The second-order valence-electron chi connectivity index (χ2n) is 39.8. The Morgan fingerprint density at radius 1 is 0.559 bits per heavy atom. The van der Waals surface area contributed by atoms with Crippen molar-refractivity contribution in [2.75, 3.05) is 96.4 Å². The first-order valence-corrected chi connectivity index (χ1v) is 46.4. The number of carboxylic acid groups (broad SMARTS) is 1. The molecule has 16 rings (SSSR count). The fourth-order valence-electron chi connectivity index (χ4n) is 20.0. The molecule has 2 amide bonds. The Kier molecular flexibility index (Phi) is 27.9. The van der Waals surface area contributed by atoms with Gasteiger partial charge in [0, 0.05) is 99.9 Å². The van der Waals surface area contributed by atoms with Gasteiger partial charge in [0.1, 0.15) is 94.6 Å². The van der Waals surface area contributed by atoms with Crippen LogP contribution in [0, 0.1) is 69.0 Å². The molecule has 127 heavy (non-hydrogen) atoms. The number of nitrogens with one attached hydrogen (secondary N) is 3. The molecule has 0 spiro atoms. The van der Waals surface area contributed by atoms with Gasteiger partial charge in [0.25, 0.3) is 12.0 Å². The topological polar surface area (TPSA) is 348 Å². The number of hydrogen-bond acceptors (Lipinski definition) is 26. The third kappa shape index (κ3) is 21.2. The third-order valence-electron chi connectivity index (χ3n) is 27.7. The number of likely N-dealkylation sites (tertiary alicyclic amines) is 3. The highest BCUT2D eigenvalue weighted by atomic mass is 35.5. The summed E-state index contributed by atoms with van der Waals surface area (Å²) in [6.45, 7) is 35.3. The monoisotopic (exact) mass is 1790 g/mol. The molecule has 4 saturated heterocycles. The maximum Gasteiger partial charge on any atom is 0.312 e. The number of piperidine rings is 1. The highest BCUT2D eigenvalue weighted by Gasteiger charge is 2.63. The van der Waals surface area contributed by atoms with Crippen LogP contribution in [0.5, 0.6) is 23.0 Å². The van der Waals surface area contributed by atoms with Gasteiger partial charge in [-0.1, -0.05) is 83.3 Å². The molecule has 16 atom stereocenters. The summed E-state index contributed by atoms with van der Waals surface area (Å²) in [6, 6.07) is 9.63. The first-order valence-electron chi connectivity index (χ1n) is 45.7. The van der Waals surface area contributed by atoms with E-state index < -0.39 is 81.7 Å². The molecular weight excluding hydrogens is 1670 g/mol. The number of esters is 3. The first kappa shape index (κ1) is 92.3. The van der Waals surface area contributed by atoms with E-state index in [0.717, 1.165) is 78.0 Å². The van der Waals surface area contributed by atoms with Crippen LogP contribution in [0.15, 0.2) is 83.1 Å². The summed E-state index contributed by atoms with van der Waals surface area (Å²) in [5.41, 5.74) is -1.09. The van der Waals surface area contributed by atoms with Crippen LogP contribution in [0.1, 0.15) is 178 Å². The molecule has 29 nitrogen and oxygen atoms in total. The second kappa shape index (κ2) is 38.3. The molecule has 0 bridgehead atoms. The van der Waals surface area contributed by atoms with Gasteiger partial charge in [-0.25, -0.2) is 9.97 Å². The molecule has 6 saturated carbocycles. The third-order valence-corrected chi connectivity index (χ3v) is 28.5. The largest absolute Gasteiger partial charge is 0.491 e. The molecule has 2 aromatic carbocycles. The van der Waals surface area contributed by atoms with E-state index in [1.807, 2.05) is 87.4 Å². The number of piperazine rings is 1. The molecule has 6 aromatic rings. The number of nitrogens with zero attached hydrogens (tertiary/aromatic N) is 8. The fraction of sp³-hybridized carbons (Fsp3) is 0.625. The number of ether oxygens (including phenoxy) is 7. The van der Waals surface area contributed by atoms with Crippen molar-refractivity contribution in [1.82, 2.24) is 44.9 Å². The molecule has 4 N–H and O–H groups in total. The van der Waals surface area contributed by atoms with Crippen LogP contribution in [0.4, 0.5) is 12.0 Å². The summed E-state index contributed by atoms with van der Waals surface area (Å²) in [7, 11) is 1.31. The highest BCUT2D eigenvalue weighted by molar-refractivity contribution is 6.37. The minimum Gasteiger partial charge on any atom is -0.491 e. The van der Waals surface area contributed by atoms with Gasteiger partial charge in [-0.2, -0.15) is 9.97 Å². The molecule has 0 radical (unpaired) electrons. The minimum absolute atomic E-state index is 0.0142. The smallest absolute Gasteiger partial charge is 0.312 e. The zero-order chi connectivity index (χ0) is 90.3. The predicted molar refractivity (Wildman–Crippen MR) is 479 cm³/mol. The number of aliphatic carboxylic acids is 1. The van der Waals surface area contributed by atoms with Crippen molar-refractivity contribution < 1.29 is 85.5 Å². The molecule has 2 unspecified atom stereocenters. The first-order chi connectivity index (χ1) is 60.6. The minimum atomic E-state index is -1.28. The summed E-state index contributed by atoms with van der Waals surface area (Å²) in [6.07, 6.45) is 14.4. The van der Waals surface area contributed by atoms with E-state index in [-0.39, 0.29) is 116 Å². The van der Waals surface area contributed by atoms with Crippen LogP contribution in [-0.2, 0) is 52.6 Å². The van der Waals surface area contributed by atoms with Crippen molar-refractivity contribution in [2.24, 2.45) is 69.0 Å². The number of carbonyl (C=O) groups excluding carboxylic acids is 7. The Balaban J connectivity index is 0.000000196. The Morgan fingerprint density at radius 2 is 0.976 bits per heavy atom. The van der Waals surface area contributed by atoms with E-state index in [1.54, 1.807) is 35.3 Å². The van der Waals surface area contributed by atoms with Gasteiger partial charge in [0.2, 0.25) is 11.8 Å². The van der Waals surface area contributed by atoms with Crippen molar-refractivity contribution in [3.05, 3.63) is 84.3 Å². The Labute approximate surface area is 752 Å². The van der Waals surface area contributed by atoms with Gasteiger partial charge in [-0.05, 0) is 176 Å². The maximum atomic E-state index is 15.0. The van der Waals surface area contributed by atoms with Crippen molar-refractivity contribution in [2.45, 2.75) is 227 Å². The number of oxazole rings is 2. The van der Waals surface area contributed by atoms with E-state index in [4.69, 9.17) is 75.2 Å². The number of ketones is 2. The number of halogens is 2. The quantitative estimate of drug-likeness (QED) is 0.0161. The van der Waals surface area contributed by atoms with Crippen LogP contribution >= 0.6 is 23.2 Å². The number of benzene rings is 2. The number of fused-ring (bicyclic) bond motifs is 4. The Bertz CT molecular complexity index is 5090. The molecule has 4 aromatic heterocycles. The van der Waals surface area contributed by atoms with Crippen molar-refractivity contribution in [1.29, 1.82) is 0 Å². The zero-order valence-electron chi connectivity index (χ0n) is 75.2. The molecule has 686 valence electrons. The van der Waals surface area contributed by atoms with Crippen LogP contribution < -0.4 is 34.9 Å². The van der Waals surface area contributed by atoms with E-state index in [2.05, 4.69) is 48.9 Å².